The van der Waals surface area contributed by atoms with Crippen molar-refractivity contribution in [1.29, 1.82) is 0 Å². The molecule has 3 saturated carbocycles. The highest BCUT2D eigenvalue weighted by atomic mass is 16.1. The highest BCUT2D eigenvalue weighted by molar-refractivity contribution is 5.81. The molecule has 18 heavy (non-hydrogen) atoms. The van der Waals surface area contributed by atoms with Gasteiger partial charge in [0.2, 0.25) is 0 Å². The van der Waals surface area contributed by atoms with Gasteiger partial charge in [-0.3, -0.25) is 4.79 Å². The average molecular weight is 250 g/mol. The molecule has 0 unspecified atom stereocenters. The molecule has 3 rings (SSSR count). The van der Waals surface area contributed by atoms with Crippen molar-refractivity contribution in [3.05, 3.63) is 0 Å². The van der Waals surface area contributed by atoms with E-state index >= 15 is 0 Å². The number of ketones is 1. The van der Waals surface area contributed by atoms with Gasteiger partial charge in [-0.1, -0.05) is 51.4 Å². The van der Waals surface area contributed by atoms with Gasteiger partial charge in [-0.05, 0) is 38.0 Å². The van der Waals surface area contributed by atoms with Crippen LogP contribution in [0.3, 0.4) is 0 Å². The van der Waals surface area contributed by atoms with Crippen LogP contribution >= 0.6 is 0 Å². The summed E-state index contributed by atoms with van der Waals surface area (Å²) in [5.41, 5.74) is 0. The van der Waals surface area contributed by atoms with Crippen molar-refractivity contribution < 1.29 is 4.79 Å². The Morgan fingerprint density at radius 1 is 0.611 bits per heavy atom. The summed E-state index contributed by atoms with van der Waals surface area (Å²) in [5, 5.41) is 0. The predicted molar refractivity (Wildman–Crippen MR) is 76.6 cm³/mol. The Morgan fingerprint density at radius 3 is 1.83 bits per heavy atom. The van der Waals surface area contributed by atoms with E-state index in [1.54, 1.807) is 0 Å². The van der Waals surface area contributed by atoms with Crippen molar-refractivity contribution in [1.82, 2.24) is 0 Å². The molecule has 3 aliphatic carbocycles. The van der Waals surface area contributed by atoms with Gasteiger partial charge in [-0.25, -0.2) is 0 Å². The van der Waals surface area contributed by atoms with Crippen LogP contribution in [-0.4, -0.2) is 5.78 Å². The Kier molecular flexibility index (Phi) is 6.23. The number of Topliss-reactive ketones (excluding diaryl/α,β-unsaturated/α-hetero) is 1. The molecule has 0 aromatic rings. The zero-order valence-electron chi connectivity index (χ0n) is 12.0. The van der Waals surface area contributed by atoms with E-state index in [0.29, 0.717) is 11.7 Å². The minimum absolute atomic E-state index is 0.436. The van der Waals surface area contributed by atoms with Crippen molar-refractivity contribution in [2.75, 3.05) is 0 Å². The SMILES string of the molecule is O=C1CCCCCCCCCCC2CCC1CC2. The van der Waals surface area contributed by atoms with E-state index in [-0.39, 0.29) is 0 Å². The van der Waals surface area contributed by atoms with Gasteiger partial charge in [0.05, 0.1) is 0 Å². The Morgan fingerprint density at radius 2 is 1.17 bits per heavy atom. The number of carbonyl (C=O) groups excluding carboxylic acids is 1. The maximum atomic E-state index is 12.1. The summed E-state index contributed by atoms with van der Waals surface area (Å²) < 4.78 is 0. The highest BCUT2D eigenvalue weighted by Crippen LogP contribution is 2.33. The molecule has 0 saturated heterocycles. The highest BCUT2D eigenvalue weighted by Gasteiger charge is 2.25. The first kappa shape index (κ1) is 14.1. The molecule has 1 nitrogen and oxygen atoms in total. The second-order valence-corrected chi connectivity index (χ2v) is 6.55. The average Bonchev–Trinajstić information content (AvgIpc) is 2.41. The van der Waals surface area contributed by atoms with Gasteiger partial charge < -0.3 is 0 Å². The Hall–Kier alpha value is -0.330. The second kappa shape index (κ2) is 7.96. The van der Waals surface area contributed by atoms with E-state index in [9.17, 15) is 4.79 Å². The predicted octanol–water partition coefficient (Wildman–Crippen LogP) is 5.28. The second-order valence-electron chi connectivity index (χ2n) is 6.55. The number of rotatable bonds is 0. The van der Waals surface area contributed by atoms with E-state index in [4.69, 9.17) is 0 Å². The van der Waals surface area contributed by atoms with Crippen LogP contribution in [0, 0.1) is 11.8 Å². The van der Waals surface area contributed by atoms with Gasteiger partial charge in [-0.2, -0.15) is 0 Å². The molecule has 3 aliphatic rings. The fourth-order valence-corrected chi connectivity index (χ4v) is 3.77. The molecule has 0 spiro atoms. The van der Waals surface area contributed by atoms with E-state index in [1.807, 2.05) is 0 Å². The first-order valence-corrected chi connectivity index (χ1v) is 8.39. The van der Waals surface area contributed by atoms with Crippen molar-refractivity contribution in [3.63, 3.8) is 0 Å². The lowest BCUT2D eigenvalue weighted by Gasteiger charge is -2.27. The van der Waals surface area contributed by atoms with Gasteiger partial charge >= 0.3 is 0 Å². The molecule has 0 aliphatic heterocycles. The van der Waals surface area contributed by atoms with Crippen LogP contribution in [0.5, 0.6) is 0 Å². The Labute approximate surface area is 113 Å². The smallest absolute Gasteiger partial charge is 0.135 e. The third-order valence-corrected chi connectivity index (χ3v) is 5.09. The van der Waals surface area contributed by atoms with Crippen LogP contribution in [-0.2, 0) is 4.79 Å². The summed E-state index contributed by atoms with van der Waals surface area (Å²) in [7, 11) is 0. The lowest BCUT2D eigenvalue weighted by atomic mass is 9.77. The fourth-order valence-electron chi connectivity index (χ4n) is 3.77. The van der Waals surface area contributed by atoms with Crippen molar-refractivity contribution in [3.8, 4) is 0 Å². The zero-order chi connectivity index (χ0) is 12.6. The topological polar surface area (TPSA) is 17.1 Å². The molecule has 0 heterocycles. The van der Waals surface area contributed by atoms with E-state index in [2.05, 4.69) is 0 Å². The number of hydrogen-bond donors (Lipinski definition) is 0. The van der Waals surface area contributed by atoms with Crippen LogP contribution in [0.15, 0.2) is 0 Å². The molecule has 0 atom stereocenters. The Balaban J connectivity index is 1.80. The molecule has 2 bridgehead atoms. The summed E-state index contributed by atoms with van der Waals surface area (Å²) in [5.74, 6) is 1.97. The molecular formula is C17H30O. The number of carbonyl (C=O) groups is 1. The number of fused-ring (bicyclic) bond motifs is 12. The molecule has 3 fully saturated rings. The third-order valence-electron chi connectivity index (χ3n) is 5.09. The molecule has 0 aromatic carbocycles. The van der Waals surface area contributed by atoms with E-state index in [0.717, 1.165) is 18.8 Å². The first-order valence-electron chi connectivity index (χ1n) is 8.39. The van der Waals surface area contributed by atoms with Gasteiger partial charge in [0.15, 0.2) is 0 Å². The van der Waals surface area contributed by atoms with Crippen LogP contribution in [0.25, 0.3) is 0 Å². The molecule has 0 radical (unpaired) electrons. The maximum absolute atomic E-state index is 12.1. The fraction of sp³-hybridized carbons (Fsp3) is 0.941. The van der Waals surface area contributed by atoms with Gasteiger partial charge in [-0.15, -0.1) is 0 Å². The van der Waals surface area contributed by atoms with Crippen LogP contribution < -0.4 is 0 Å². The van der Waals surface area contributed by atoms with Crippen molar-refractivity contribution in [2.45, 2.75) is 89.9 Å². The summed E-state index contributed by atoms with van der Waals surface area (Å²) in [6.07, 6.45) is 18.3. The normalized spacial score (nSPS) is 32.8. The van der Waals surface area contributed by atoms with E-state index < -0.39 is 0 Å². The molecular weight excluding hydrogens is 220 g/mol. The summed E-state index contributed by atoms with van der Waals surface area (Å²) in [6, 6.07) is 0. The van der Waals surface area contributed by atoms with Gasteiger partial charge in [0.1, 0.15) is 5.78 Å². The minimum atomic E-state index is 0.436. The quantitative estimate of drug-likeness (QED) is 0.572. The minimum Gasteiger partial charge on any atom is -0.299 e. The zero-order valence-corrected chi connectivity index (χ0v) is 12.0. The van der Waals surface area contributed by atoms with Gasteiger partial charge in [0, 0.05) is 12.3 Å². The summed E-state index contributed by atoms with van der Waals surface area (Å²) in [6.45, 7) is 0. The lowest BCUT2D eigenvalue weighted by Crippen LogP contribution is -2.21. The largest absolute Gasteiger partial charge is 0.299 e. The van der Waals surface area contributed by atoms with E-state index in [1.165, 1.54) is 77.0 Å². The lowest BCUT2D eigenvalue weighted by molar-refractivity contribution is -0.124. The number of hydrogen-bond acceptors (Lipinski definition) is 1. The maximum Gasteiger partial charge on any atom is 0.135 e. The monoisotopic (exact) mass is 250 g/mol. The van der Waals surface area contributed by atoms with Crippen LogP contribution in [0.2, 0.25) is 0 Å². The van der Waals surface area contributed by atoms with Crippen LogP contribution in [0.1, 0.15) is 89.9 Å². The third kappa shape index (κ3) is 4.74. The molecule has 0 aromatic heterocycles. The summed E-state index contributed by atoms with van der Waals surface area (Å²) >= 11 is 0. The van der Waals surface area contributed by atoms with Gasteiger partial charge in [0.25, 0.3) is 0 Å². The van der Waals surface area contributed by atoms with Crippen molar-refractivity contribution in [2.24, 2.45) is 11.8 Å². The van der Waals surface area contributed by atoms with Crippen LogP contribution in [0.4, 0.5) is 0 Å². The molecule has 1 heteroatoms. The van der Waals surface area contributed by atoms with Crippen molar-refractivity contribution >= 4 is 5.78 Å². The summed E-state index contributed by atoms with van der Waals surface area (Å²) in [4.78, 5) is 12.1. The Bertz CT molecular complexity index is 238. The standard InChI is InChI=1S/C17H30O/c18-17-10-8-6-4-2-1-3-5-7-9-15-11-13-16(17)14-12-15/h15-16H,1-14H2. The molecule has 0 amide bonds. The first-order chi connectivity index (χ1) is 8.86. The molecule has 0 N–H and O–H groups in total. The molecule has 104 valence electrons.